The SMILES string of the molecule is Cc1csc([C@H](C#N)C(=O)COC(=O)c2cc3c(F)cccc3s2)n1. The van der Waals surface area contributed by atoms with Crippen LogP contribution in [0, 0.1) is 24.1 Å². The summed E-state index contributed by atoms with van der Waals surface area (Å²) in [5.41, 5.74) is 0.720. The van der Waals surface area contributed by atoms with Gasteiger partial charge in [0.05, 0.1) is 6.07 Å². The molecule has 0 amide bonds. The van der Waals surface area contributed by atoms with Gasteiger partial charge in [0.25, 0.3) is 0 Å². The molecule has 0 radical (unpaired) electrons. The first-order valence-corrected chi connectivity index (χ1v) is 8.88. The van der Waals surface area contributed by atoms with Crippen LogP contribution in [-0.2, 0) is 9.53 Å². The summed E-state index contributed by atoms with van der Waals surface area (Å²) in [4.78, 5) is 28.6. The van der Waals surface area contributed by atoms with Gasteiger partial charge in [0, 0.05) is 21.2 Å². The third kappa shape index (κ3) is 3.57. The Morgan fingerprint density at radius 3 is 2.88 bits per heavy atom. The van der Waals surface area contributed by atoms with Gasteiger partial charge in [-0.15, -0.1) is 22.7 Å². The van der Waals surface area contributed by atoms with Crippen LogP contribution in [0.4, 0.5) is 4.39 Å². The van der Waals surface area contributed by atoms with Crippen molar-refractivity contribution in [3.05, 3.63) is 51.0 Å². The van der Waals surface area contributed by atoms with Crippen molar-refractivity contribution in [1.82, 2.24) is 4.98 Å². The first-order valence-electron chi connectivity index (χ1n) is 7.19. The molecule has 0 N–H and O–H groups in total. The summed E-state index contributed by atoms with van der Waals surface area (Å²) in [6, 6.07) is 7.84. The molecule has 126 valence electrons. The van der Waals surface area contributed by atoms with E-state index < -0.39 is 30.1 Å². The van der Waals surface area contributed by atoms with Gasteiger partial charge in [0.15, 0.2) is 18.3 Å². The quantitative estimate of drug-likeness (QED) is 0.634. The van der Waals surface area contributed by atoms with Gasteiger partial charge in [-0.1, -0.05) is 6.07 Å². The van der Waals surface area contributed by atoms with Crippen molar-refractivity contribution in [2.45, 2.75) is 12.8 Å². The fraction of sp³-hybridized carbons (Fsp3) is 0.176. The van der Waals surface area contributed by atoms with E-state index >= 15 is 0 Å². The molecule has 2 heterocycles. The first kappa shape index (κ1) is 17.2. The van der Waals surface area contributed by atoms with E-state index in [2.05, 4.69) is 4.98 Å². The van der Waals surface area contributed by atoms with Crippen LogP contribution in [0.15, 0.2) is 29.6 Å². The lowest BCUT2D eigenvalue weighted by atomic mass is 10.1. The Labute approximate surface area is 150 Å². The van der Waals surface area contributed by atoms with Crippen molar-refractivity contribution in [2.75, 3.05) is 6.61 Å². The Hall–Kier alpha value is -2.63. The number of thiazole rings is 1. The van der Waals surface area contributed by atoms with E-state index in [4.69, 9.17) is 4.74 Å². The maximum atomic E-state index is 13.7. The Kier molecular flexibility index (Phi) is 4.88. The summed E-state index contributed by atoms with van der Waals surface area (Å²) >= 11 is 2.30. The number of ether oxygens (including phenoxy) is 1. The number of aryl methyl sites for hydroxylation is 1. The molecule has 0 aliphatic carbocycles. The zero-order valence-electron chi connectivity index (χ0n) is 13.0. The molecule has 25 heavy (non-hydrogen) atoms. The van der Waals surface area contributed by atoms with Crippen LogP contribution < -0.4 is 0 Å². The third-order valence-electron chi connectivity index (χ3n) is 3.39. The van der Waals surface area contributed by atoms with Gasteiger partial charge in [-0.2, -0.15) is 5.26 Å². The van der Waals surface area contributed by atoms with Crippen LogP contribution in [0.3, 0.4) is 0 Å². The minimum atomic E-state index is -1.06. The first-order chi connectivity index (χ1) is 12.0. The molecule has 0 aliphatic rings. The van der Waals surface area contributed by atoms with Crippen molar-refractivity contribution in [3.63, 3.8) is 0 Å². The number of carbonyl (C=O) groups is 2. The molecule has 0 saturated carbocycles. The zero-order chi connectivity index (χ0) is 18.0. The number of halogens is 1. The van der Waals surface area contributed by atoms with Crippen LogP contribution in [0.2, 0.25) is 0 Å². The number of thiophene rings is 1. The molecule has 0 bridgehead atoms. The normalized spacial score (nSPS) is 11.9. The predicted molar refractivity (Wildman–Crippen MR) is 92.3 cm³/mol. The zero-order valence-corrected chi connectivity index (χ0v) is 14.6. The second kappa shape index (κ2) is 7.09. The fourth-order valence-corrected chi connectivity index (χ4v) is 4.02. The number of fused-ring (bicyclic) bond motifs is 1. The number of esters is 1. The van der Waals surface area contributed by atoms with Crippen LogP contribution in [0.25, 0.3) is 10.1 Å². The summed E-state index contributed by atoms with van der Waals surface area (Å²) in [6.07, 6.45) is 0. The van der Waals surface area contributed by atoms with Crippen molar-refractivity contribution in [3.8, 4) is 6.07 Å². The number of ketones is 1. The number of benzene rings is 1. The fourth-order valence-electron chi connectivity index (χ4n) is 2.19. The molecule has 3 aromatic rings. The van der Waals surface area contributed by atoms with E-state index in [1.165, 1.54) is 23.5 Å². The van der Waals surface area contributed by atoms with Gasteiger partial charge in [-0.25, -0.2) is 14.2 Å². The molecule has 1 atom stereocenters. The smallest absolute Gasteiger partial charge is 0.348 e. The van der Waals surface area contributed by atoms with Gasteiger partial charge in [-0.3, -0.25) is 4.79 Å². The van der Waals surface area contributed by atoms with E-state index in [9.17, 15) is 19.2 Å². The second-order valence-electron chi connectivity index (χ2n) is 5.19. The minimum Gasteiger partial charge on any atom is -0.453 e. The summed E-state index contributed by atoms with van der Waals surface area (Å²) in [6.45, 7) is 1.23. The maximum absolute atomic E-state index is 13.7. The standard InChI is InChI=1S/C17H11FN2O3S2/c1-9-8-24-16(20-9)11(6-19)13(21)7-23-17(22)15-5-10-12(18)3-2-4-14(10)25-15/h2-5,8,11H,7H2,1H3/t11-/m1/s1. The average Bonchev–Trinajstić information content (AvgIpc) is 3.21. The Balaban J connectivity index is 1.69. The Morgan fingerprint density at radius 2 is 2.24 bits per heavy atom. The van der Waals surface area contributed by atoms with Crippen LogP contribution in [0.5, 0.6) is 0 Å². The Bertz CT molecular complexity index is 1000. The Morgan fingerprint density at radius 1 is 1.44 bits per heavy atom. The van der Waals surface area contributed by atoms with Gasteiger partial charge < -0.3 is 4.74 Å². The molecule has 1 aromatic carbocycles. The predicted octanol–water partition coefficient (Wildman–Crippen LogP) is 3.84. The molecule has 0 aliphatic heterocycles. The minimum absolute atomic E-state index is 0.200. The highest BCUT2D eigenvalue weighted by atomic mass is 32.1. The van der Waals surface area contributed by atoms with E-state index in [-0.39, 0.29) is 4.88 Å². The monoisotopic (exact) mass is 374 g/mol. The number of hydrogen-bond donors (Lipinski definition) is 0. The summed E-state index contributed by atoms with van der Waals surface area (Å²) in [7, 11) is 0. The molecule has 8 heteroatoms. The number of Topliss-reactive ketones (excluding diaryl/α,β-unsaturated/α-hetero) is 1. The lowest BCUT2D eigenvalue weighted by Gasteiger charge is -2.05. The van der Waals surface area contributed by atoms with Crippen LogP contribution in [-0.4, -0.2) is 23.3 Å². The number of nitrogens with zero attached hydrogens (tertiary/aromatic N) is 2. The molecule has 5 nitrogen and oxygen atoms in total. The summed E-state index contributed by atoms with van der Waals surface area (Å²) in [5.74, 6) is -2.75. The number of aromatic nitrogens is 1. The third-order valence-corrected chi connectivity index (χ3v) is 5.50. The van der Waals surface area contributed by atoms with E-state index in [0.29, 0.717) is 15.1 Å². The van der Waals surface area contributed by atoms with Gasteiger partial charge in [0.2, 0.25) is 0 Å². The topological polar surface area (TPSA) is 80.0 Å². The molecule has 0 unspecified atom stereocenters. The largest absolute Gasteiger partial charge is 0.453 e. The van der Waals surface area contributed by atoms with Gasteiger partial charge in [0.1, 0.15) is 15.7 Å². The molecular weight excluding hydrogens is 363 g/mol. The second-order valence-corrected chi connectivity index (χ2v) is 7.17. The molecule has 0 saturated heterocycles. The molecule has 3 rings (SSSR count). The summed E-state index contributed by atoms with van der Waals surface area (Å²) in [5, 5.41) is 11.6. The van der Waals surface area contributed by atoms with Crippen molar-refractivity contribution in [2.24, 2.45) is 0 Å². The number of nitriles is 1. The van der Waals surface area contributed by atoms with Crippen molar-refractivity contribution >= 4 is 44.5 Å². The van der Waals surface area contributed by atoms with Crippen LogP contribution >= 0.6 is 22.7 Å². The lowest BCUT2D eigenvalue weighted by Crippen LogP contribution is -2.19. The highest BCUT2D eigenvalue weighted by Crippen LogP contribution is 2.28. The van der Waals surface area contributed by atoms with Gasteiger partial charge in [-0.05, 0) is 25.1 Å². The molecule has 2 aromatic heterocycles. The summed E-state index contributed by atoms with van der Waals surface area (Å²) < 4.78 is 19.3. The van der Waals surface area contributed by atoms with E-state index in [1.54, 1.807) is 24.4 Å². The van der Waals surface area contributed by atoms with E-state index in [1.807, 2.05) is 6.07 Å². The number of hydrogen-bond acceptors (Lipinski definition) is 7. The van der Waals surface area contributed by atoms with E-state index in [0.717, 1.165) is 17.0 Å². The van der Waals surface area contributed by atoms with Crippen molar-refractivity contribution in [1.29, 1.82) is 5.26 Å². The highest BCUT2D eigenvalue weighted by Gasteiger charge is 2.25. The lowest BCUT2D eigenvalue weighted by molar-refractivity contribution is -0.122. The number of rotatable bonds is 5. The van der Waals surface area contributed by atoms with Crippen molar-refractivity contribution < 1.29 is 18.7 Å². The molecule has 0 spiro atoms. The average molecular weight is 374 g/mol. The van der Waals surface area contributed by atoms with Gasteiger partial charge >= 0.3 is 5.97 Å². The molecule has 0 fully saturated rings. The number of carbonyl (C=O) groups excluding carboxylic acids is 2. The molecular formula is C17H11FN2O3S2. The highest BCUT2D eigenvalue weighted by molar-refractivity contribution is 7.20. The maximum Gasteiger partial charge on any atom is 0.348 e. The van der Waals surface area contributed by atoms with Crippen LogP contribution in [0.1, 0.15) is 26.3 Å².